The van der Waals surface area contributed by atoms with Crippen molar-refractivity contribution >= 4 is 16.9 Å². The first-order valence-electron chi connectivity index (χ1n) is 10.3. The normalized spacial score (nSPS) is 17.0. The van der Waals surface area contributed by atoms with Crippen molar-refractivity contribution in [3.8, 4) is 0 Å². The molecular formula is C22H34N4O. The second-order valence-corrected chi connectivity index (χ2v) is 7.95. The second kappa shape index (κ2) is 9.27. The van der Waals surface area contributed by atoms with Gasteiger partial charge in [0.25, 0.3) is 0 Å². The van der Waals surface area contributed by atoms with Crippen molar-refractivity contribution in [1.82, 2.24) is 15.5 Å². The average Bonchev–Trinajstić information content (AvgIpc) is 2.97. The van der Waals surface area contributed by atoms with E-state index in [0.29, 0.717) is 12.6 Å². The summed E-state index contributed by atoms with van der Waals surface area (Å²) in [6.07, 6.45) is 2.33. The van der Waals surface area contributed by atoms with Gasteiger partial charge in [-0.05, 0) is 38.7 Å². The lowest BCUT2D eigenvalue weighted by Gasteiger charge is -2.34. The van der Waals surface area contributed by atoms with Crippen LogP contribution in [0, 0.1) is 12.8 Å². The van der Waals surface area contributed by atoms with Gasteiger partial charge in [0.2, 0.25) is 0 Å². The number of aryl methyl sites for hydroxylation is 1. The van der Waals surface area contributed by atoms with Crippen LogP contribution in [0.1, 0.15) is 44.9 Å². The molecule has 0 bridgehead atoms. The van der Waals surface area contributed by atoms with Gasteiger partial charge in [-0.3, -0.25) is 0 Å². The number of rotatable bonds is 6. The molecule has 3 rings (SSSR count). The molecule has 1 aromatic heterocycles. The van der Waals surface area contributed by atoms with Crippen LogP contribution in [0.25, 0.3) is 11.0 Å². The second-order valence-electron chi connectivity index (χ2n) is 7.95. The molecule has 1 aromatic carbocycles. The molecule has 0 aliphatic carbocycles. The minimum Gasteiger partial charge on any atom is -0.459 e. The van der Waals surface area contributed by atoms with E-state index in [-0.39, 0.29) is 0 Å². The summed E-state index contributed by atoms with van der Waals surface area (Å²) in [6, 6.07) is 8.67. The highest BCUT2D eigenvalue weighted by Crippen LogP contribution is 2.25. The van der Waals surface area contributed by atoms with Crippen molar-refractivity contribution in [2.24, 2.45) is 10.9 Å². The highest BCUT2D eigenvalue weighted by atomic mass is 16.3. The minimum absolute atomic E-state index is 0.489. The molecule has 2 N–H and O–H groups in total. The van der Waals surface area contributed by atoms with Crippen LogP contribution in [0.5, 0.6) is 0 Å². The molecule has 5 nitrogen and oxygen atoms in total. The highest BCUT2D eigenvalue weighted by Gasteiger charge is 2.20. The summed E-state index contributed by atoms with van der Waals surface area (Å²) < 4.78 is 6.00. The molecule has 148 valence electrons. The zero-order chi connectivity index (χ0) is 19.2. The summed E-state index contributed by atoms with van der Waals surface area (Å²) >= 11 is 0. The van der Waals surface area contributed by atoms with Crippen LogP contribution in [-0.2, 0) is 6.54 Å². The summed E-state index contributed by atoms with van der Waals surface area (Å²) in [5.41, 5.74) is 2.13. The molecule has 2 aromatic rings. The Morgan fingerprint density at radius 3 is 2.67 bits per heavy atom. The molecular weight excluding hydrogens is 336 g/mol. The third kappa shape index (κ3) is 5.25. The Hall–Kier alpha value is -2.01. The van der Waals surface area contributed by atoms with E-state index >= 15 is 0 Å². The molecule has 1 aliphatic heterocycles. The van der Waals surface area contributed by atoms with Crippen LogP contribution in [0.15, 0.2) is 33.7 Å². The van der Waals surface area contributed by atoms with E-state index in [1.165, 1.54) is 30.3 Å². The fraction of sp³-hybridized carbons (Fsp3) is 0.591. The molecule has 5 heteroatoms. The molecule has 0 saturated carbocycles. The van der Waals surface area contributed by atoms with Crippen LogP contribution >= 0.6 is 0 Å². The predicted molar refractivity (Wildman–Crippen MR) is 113 cm³/mol. The average molecular weight is 371 g/mol. The lowest BCUT2D eigenvalue weighted by Crippen LogP contribution is -2.49. The molecule has 0 radical (unpaired) electrons. The molecule has 1 aliphatic rings. The summed E-state index contributed by atoms with van der Waals surface area (Å²) in [7, 11) is 0. The van der Waals surface area contributed by atoms with Crippen LogP contribution in [0.2, 0.25) is 0 Å². The zero-order valence-corrected chi connectivity index (χ0v) is 17.2. The topological polar surface area (TPSA) is 52.8 Å². The van der Waals surface area contributed by atoms with Crippen molar-refractivity contribution < 1.29 is 4.42 Å². The van der Waals surface area contributed by atoms with Gasteiger partial charge in [-0.15, -0.1) is 0 Å². The lowest BCUT2D eigenvalue weighted by atomic mass is 10.0. The third-order valence-electron chi connectivity index (χ3n) is 5.22. The van der Waals surface area contributed by atoms with E-state index in [1.54, 1.807) is 0 Å². The van der Waals surface area contributed by atoms with Gasteiger partial charge in [-0.25, -0.2) is 4.99 Å². The zero-order valence-electron chi connectivity index (χ0n) is 17.2. The quantitative estimate of drug-likeness (QED) is 0.598. The molecule has 1 fully saturated rings. The third-order valence-corrected chi connectivity index (χ3v) is 5.22. The largest absolute Gasteiger partial charge is 0.459 e. The standard InChI is InChI=1S/C22H34N4O/c1-5-23-22(25-18-10-12-26(13-11-18)15-16(2)3)24-14-21-17(4)19-8-6-7-9-20(19)27-21/h6-9,16,18H,5,10-15H2,1-4H3,(H2,23,24,25). The van der Waals surface area contributed by atoms with Gasteiger partial charge in [0, 0.05) is 43.2 Å². The van der Waals surface area contributed by atoms with E-state index in [4.69, 9.17) is 9.41 Å². The van der Waals surface area contributed by atoms with E-state index in [2.05, 4.69) is 55.4 Å². The van der Waals surface area contributed by atoms with Gasteiger partial charge in [-0.2, -0.15) is 0 Å². The van der Waals surface area contributed by atoms with Crippen molar-refractivity contribution in [3.05, 3.63) is 35.6 Å². The first-order chi connectivity index (χ1) is 13.1. The maximum absolute atomic E-state index is 6.00. The molecule has 0 unspecified atom stereocenters. The number of nitrogens with one attached hydrogen (secondary N) is 2. The van der Waals surface area contributed by atoms with Gasteiger partial charge in [-0.1, -0.05) is 32.0 Å². The highest BCUT2D eigenvalue weighted by molar-refractivity contribution is 5.82. The Kier molecular flexibility index (Phi) is 6.78. The number of aliphatic imine (C=N–C) groups is 1. The molecule has 0 atom stereocenters. The number of fused-ring (bicyclic) bond motifs is 1. The number of hydrogen-bond donors (Lipinski definition) is 2. The molecule has 1 saturated heterocycles. The lowest BCUT2D eigenvalue weighted by molar-refractivity contribution is 0.187. The van der Waals surface area contributed by atoms with Crippen molar-refractivity contribution in [3.63, 3.8) is 0 Å². The molecule has 27 heavy (non-hydrogen) atoms. The Balaban J connectivity index is 1.60. The molecule has 0 amide bonds. The number of benzene rings is 1. The number of hydrogen-bond acceptors (Lipinski definition) is 3. The number of piperidine rings is 1. The van der Waals surface area contributed by atoms with Gasteiger partial charge in [0.1, 0.15) is 17.9 Å². The maximum Gasteiger partial charge on any atom is 0.191 e. The fourth-order valence-corrected chi connectivity index (χ4v) is 3.82. The van der Waals surface area contributed by atoms with Crippen molar-refractivity contribution in [2.75, 3.05) is 26.2 Å². The number of para-hydroxylation sites is 1. The SMILES string of the molecule is CCNC(=NCc1oc2ccccc2c1C)NC1CCN(CC(C)C)CC1. The number of likely N-dealkylation sites (tertiary alicyclic amines) is 1. The molecule has 2 heterocycles. The van der Waals surface area contributed by atoms with E-state index < -0.39 is 0 Å². The van der Waals surface area contributed by atoms with E-state index in [1.807, 2.05) is 12.1 Å². The minimum atomic E-state index is 0.489. The van der Waals surface area contributed by atoms with Gasteiger partial charge < -0.3 is 20.0 Å². The fourth-order valence-electron chi connectivity index (χ4n) is 3.82. The van der Waals surface area contributed by atoms with E-state index in [9.17, 15) is 0 Å². The monoisotopic (exact) mass is 370 g/mol. The van der Waals surface area contributed by atoms with Gasteiger partial charge >= 0.3 is 0 Å². The Bertz CT molecular complexity index is 757. The number of furan rings is 1. The van der Waals surface area contributed by atoms with Crippen LogP contribution in [-0.4, -0.2) is 43.1 Å². The van der Waals surface area contributed by atoms with Gasteiger partial charge in [0.05, 0.1) is 0 Å². The maximum atomic E-state index is 6.00. The first-order valence-corrected chi connectivity index (χ1v) is 10.3. The number of nitrogens with zero attached hydrogens (tertiary/aromatic N) is 2. The summed E-state index contributed by atoms with van der Waals surface area (Å²) in [5.74, 6) is 2.57. The van der Waals surface area contributed by atoms with Gasteiger partial charge in [0.15, 0.2) is 5.96 Å². The van der Waals surface area contributed by atoms with Crippen molar-refractivity contribution in [2.45, 2.75) is 53.1 Å². The Labute approximate surface area is 163 Å². The first kappa shape index (κ1) is 19.7. The predicted octanol–water partition coefficient (Wildman–Crippen LogP) is 3.92. The summed E-state index contributed by atoms with van der Waals surface area (Å²) in [5, 5.41) is 8.18. The van der Waals surface area contributed by atoms with Crippen LogP contribution in [0.3, 0.4) is 0 Å². The van der Waals surface area contributed by atoms with E-state index in [0.717, 1.165) is 42.9 Å². The number of guanidine groups is 1. The Morgan fingerprint density at radius 1 is 1.26 bits per heavy atom. The summed E-state index contributed by atoms with van der Waals surface area (Å²) in [6.45, 7) is 13.7. The smallest absolute Gasteiger partial charge is 0.191 e. The van der Waals surface area contributed by atoms with Crippen molar-refractivity contribution in [1.29, 1.82) is 0 Å². The van der Waals surface area contributed by atoms with Crippen LogP contribution < -0.4 is 10.6 Å². The Morgan fingerprint density at radius 2 is 2.00 bits per heavy atom. The molecule has 0 spiro atoms. The van der Waals surface area contributed by atoms with Crippen LogP contribution in [0.4, 0.5) is 0 Å². The summed E-state index contributed by atoms with van der Waals surface area (Å²) in [4.78, 5) is 7.36.